The molecule has 3 rings (SSSR count). The van der Waals surface area contributed by atoms with Gasteiger partial charge in [0, 0.05) is 16.5 Å². The molecule has 7 heteroatoms. The molecule has 0 spiro atoms. The summed E-state index contributed by atoms with van der Waals surface area (Å²) in [5, 5.41) is 6.52. The first-order chi connectivity index (χ1) is 13.5. The first kappa shape index (κ1) is 19.9. The molecule has 0 unspecified atom stereocenters. The fourth-order valence-corrected chi connectivity index (χ4v) is 3.09. The zero-order chi connectivity index (χ0) is 19.9. The number of benzene rings is 2. The summed E-state index contributed by atoms with van der Waals surface area (Å²) < 4.78 is 33.5. The van der Waals surface area contributed by atoms with Gasteiger partial charge >= 0.3 is 0 Å². The Hall–Kier alpha value is -2.80. The Kier molecular flexibility index (Phi) is 6.71. The molecule has 1 N–H and O–H groups in total. The molecule has 0 saturated carbocycles. The lowest BCUT2D eigenvalue weighted by molar-refractivity contribution is 0.263. The molecule has 146 valence electrons. The quantitative estimate of drug-likeness (QED) is 0.374. The topological polar surface area (TPSA) is 46.5 Å². The number of hydrogen-bond donors (Lipinski definition) is 1. The van der Waals surface area contributed by atoms with E-state index in [0.29, 0.717) is 16.6 Å². The molecule has 0 atom stereocenters. The molecule has 0 aliphatic heterocycles. The van der Waals surface area contributed by atoms with E-state index < -0.39 is 11.6 Å². The highest BCUT2D eigenvalue weighted by atomic mass is 32.1. The third kappa shape index (κ3) is 5.36. The summed E-state index contributed by atoms with van der Waals surface area (Å²) >= 11 is 1.40. The zero-order valence-corrected chi connectivity index (χ0v) is 16.5. The highest BCUT2D eigenvalue weighted by Gasteiger charge is 2.12. The second-order valence-corrected chi connectivity index (χ2v) is 7.48. The third-order valence-corrected chi connectivity index (χ3v) is 4.66. The molecular weight excluding hydrogens is 380 g/mol. The average molecular weight is 401 g/mol. The summed E-state index contributed by atoms with van der Waals surface area (Å²) in [5.74, 6) is -1.44. The number of halogens is 2. The van der Waals surface area contributed by atoms with Gasteiger partial charge in [0.05, 0.1) is 18.5 Å². The smallest absolute Gasteiger partial charge is 0.203 e. The lowest BCUT2D eigenvalue weighted by Gasteiger charge is -2.10. The highest BCUT2D eigenvalue weighted by molar-refractivity contribution is 7.14. The van der Waals surface area contributed by atoms with Crippen LogP contribution >= 0.6 is 11.3 Å². The van der Waals surface area contributed by atoms with Crippen LogP contribution in [0.4, 0.5) is 13.9 Å². The molecule has 0 amide bonds. The van der Waals surface area contributed by atoms with E-state index in [9.17, 15) is 8.78 Å². The molecule has 3 aromatic rings. The van der Waals surface area contributed by atoms with Gasteiger partial charge in [-0.1, -0.05) is 44.2 Å². The fourth-order valence-electron chi connectivity index (χ4n) is 2.42. The largest absolute Gasteiger partial charge is 0.488 e. The van der Waals surface area contributed by atoms with Gasteiger partial charge in [-0.15, -0.1) is 11.3 Å². The van der Waals surface area contributed by atoms with Crippen LogP contribution in [0.3, 0.4) is 0 Å². The number of nitrogens with one attached hydrogen (secondary N) is 1. The van der Waals surface area contributed by atoms with Crippen LogP contribution in [0, 0.1) is 17.6 Å². The lowest BCUT2D eigenvalue weighted by atomic mass is 10.1. The first-order valence-electron chi connectivity index (χ1n) is 8.95. The van der Waals surface area contributed by atoms with Crippen molar-refractivity contribution in [2.45, 2.75) is 20.3 Å². The van der Waals surface area contributed by atoms with Crippen molar-refractivity contribution in [2.24, 2.45) is 11.0 Å². The fraction of sp³-hybridized carbons (Fsp3) is 0.238. The van der Waals surface area contributed by atoms with Crippen LogP contribution < -0.4 is 10.2 Å². The monoisotopic (exact) mass is 401 g/mol. The Morgan fingerprint density at radius 3 is 2.57 bits per heavy atom. The molecule has 0 fully saturated rings. The molecule has 2 aromatic carbocycles. The lowest BCUT2D eigenvalue weighted by Crippen LogP contribution is -2.05. The second-order valence-electron chi connectivity index (χ2n) is 6.62. The van der Waals surface area contributed by atoms with Crippen LogP contribution in [-0.2, 0) is 0 Å². The molecule has 1 heterocycles. The normalized spacial score (nSPS) is 11.3. The SMILES string of the molecule is CC(C)CCOc1c(F)cc(C=NNc2nc(-c3ccccc3)cs2)cc1F. The average Bonchev–Trinajstić information content (AvgIpc) is 3.13. The van der Waals surface area contributed by atoms with Gasteiger partial charge in [-0.2, -0.15) is 5.10 Å². The van der Waals surface area contributed by atoms with Gasteiger partial charge < -0.3 is 4.74 Å². The zero-order valence-electron chi connectivity index (χ0n) is 15.7. The van der Waals surface area contributed by atoms with Crippen LogP contribution in [0.5, 0.6) is 5.75 Å². The molecule has 0 radical (unpaired) electrons. The summed E-state index contributed by atoms with van der Waals surface area (Å²) in [4.78, 5) is 4.43. The van der Waals surface area contributed by atoms with Gasteiger partial charge in [0.25, 0.3) is 0 Å². The van der Waals surface area contributed by atoms with Crippen LogP contribution in [0.15, 0.2) is 52.9 Å². The predicted octanol–water partition coefficient (Wildman–Crippen LogP) is 5.96. The van der Waals surface area contributed by atoms with E-state index in [4.69, 9.17) is 4.74 Å². The molecule has 0 aliphatic rings. The van der Waals surface area contributed by atoms with Crippen molar-refractivity contribution < 1.29 is 13.5 Å². The molecule has 0 aliphatic carbocycles. The number of aromatic nitrogens is 1. The van der Waals surface area contributed by atoms with Crippen LogP contribution in [0.25, 0.3) is 11.3 Å². The van der Waals surface area contributed by atoms with E-state index in [2.05, 4.69) is 15.5 Å². The van der Waals surface area contributed by atoms with Crippen molar-refractivity contribution in [3.05, 3.63) is 65.0 Å². The van der Waals surface area contributed by atoms with Gasteiger partial charge in [0.15, 0.2) is 17.4 Å². The van der Waals surface area contributed by atoms with Crippen molar-refractivity contribution >= 4 is 22.7 Å². The Balaban J connectivity index is 1.62. The predicted molar refractivity (Wildman–Crippen MR) is 110 cm³/mol. The van der Waals surface area contributed by atoms with Gasteiger partial charge in [-0.3, -0.25) is 5.43 Å². The van der Waals surface area contributed by atoms with E-state index in [1.165, 1.54) is 29.7 Å². The molecule has 0 bridgehead atoms. The van der Waals surface area contributed by atoms with Crippen molar-refractivity contribution in [1.82, 2.24) is 4.98 Å². The first-order valence-corrected chi connectivity index (χ1v) is 9.82. The number of hydrogen-bond acceptors (Lipinski definition) is 5. The van der Waals surface area contributed by atoms with Crippen molar-refractivity contribution in [3.63, 3.8) is 0 Å². The van der Waals surface area contributed by atoms with Crippen molar-refractivity contribution in [1.29, 1.82) is 0 Å². The Bertz CT molecular complexity index is 919. The summed E-state index contributed by atoms with van der Waals surface area (Å²) in [6.07, 6.45) is 2.07. The van der Waals surface area contributed by atoms with E-state index >= 15 is 0 Å². The minimum absolute atomic E-state index is 0.272. The number of hydrazone groups is 1. The Morgan fingerprint density at radius 2 is 1.89 bits per heavy atom. The summed E-state index contributed by atoms with van der Waals surface area (Å²) in [6.45, 7) is 4.32. The van der Waals surface area contributed by atoms with E-state index in [1.54, 1.807) is 0 Å². The molecule has 28 heavy (non-hydrogen) atoms. The maximum absolute atomic E-state index is 14.1. The number of rotatable bonds is 8. The maximum Gasteiger partial charge on any atom is 0.203 e. The van der Waals surface area contributed by atoms with Crippen molar-refractivity contribution in [2.75, 3.05) is 12.0 Å². The van der Waals surface area contributed by atoms with E-state index in [0.717, 1.165) is 17.7 Å². The molecular formula is C21H21F2N3OS. The van der Waals surface area contributed by atoms with Gasteiger partial charge in [0.1, 0.15) is 0 Å². The van der Waals surface area contributed by atoms with Gasteiger partial charge in [-0.25, -0.2) is 13.8 Å². The van der Waals surface area contributed by atoms with Crippen molar-refractivity contribution in [3.8, 4) is 17.0 Å². The molecule has 1 aromatic heterocycles. The van der Waals surface area contributed by atoms with Crippen LogP contribution in [-0.4, -0.2) is 17.8 Å². The minimum atomic E-state index is -0.745. The molecule has 4 nitrogen and oxygen atoms in total. The Labute approximate surface area is 166 Å². The van der Waals surface area contributed by atoms with E-state index in [-0.39, 0.29) is 12.4 Å². The number of ether oxygens (including phenoxy) is 1. The summed E-state index contributed by atoms with van der Waals surface area (Å²) in [7, 11) is 0. The van der Waals surface area contributed by atoms with E-state index in [1.807, 2.05) is 49.6 Å². The number of anilines is 1. The maximum atomic E-state index is 14.1. The van der Waals surface area contributed by atoms with Gasteiger partial charge in [-0.05, 0) is 24.5 Å². The van der Waals surface area contributed by atoms with Crippen LogP contribution in [0.1, 0.15) is 25.8 Å². The summed E-state index contributed by atoms with van der Waals surface area (Å²) in [6, 6.07) is 12.2. The third-order valence-electron chi connectivity index (χ3n) is 3.91. The minimum Gasteiger partial charge on any atom is -0.488 e. The van der Waals surface area contributed by atoms with Crippen LogP contribution in [0.2, 0.25) is 0 Å². The standard InChI is InChI=1S/C21H21F2N3OS/c1-14(2)8-9-27-20-17(22)10-15(11-18(20)23)12-24-26-21-25-19(13-28-21)16-6-4-3-5-7-16/h3-7,10-14H,8-9H2,1-2H3,(H,25,26). The Morgan fingerprint density at radius 1 is 1.18 bits per heavy atom. The summed E-state index contributed by atoms with van der Waals surface area (Å²) in [5.41, 5.74) is 4.92. The number of thiazole rings is 1. The highest BCUT2D eigenvalue weighted by Crippen LogP contribution is 2.25. The second kappa shape index (κ2) is 9.41. The number of nitrogens with zero attached hydrogens (tertiary/aromatic N) is 2. The van der Waals surface area contributed by atoms with Gasteiger partial charge in [0.2, 0.25) is 5.13 Å². The molecule has 0 saturated heterocycles.